The Balaban J connectivity index is 2.07. The zero-order valence-corrected chi connectivity index (χ0v) is 8.54. The van der Waals surface area contributed by atoms with E-state index in [1.807, 2.05) is 37.5 Å². The minimum Gasteiger partial charge on any atom is -0.386 e. The molecule has 15 heavy (non-hydrogen) atoms. The smallest absolute Gasteiger partial charge is 0.103 e. The van der Waals surface area contributed by atoms with Crippen molar-refractivity contribution in [3.8, 4) is 0 Å². The highest BCUT2D eigenvalue weighted by molar-refractivity contribution is 5.10. The second kappa shape index (κ2) is 4.23. The van der Waals surface area contributed by atoms with E-state index in [4.69, 9.17) is 0 Å². The van der Waals surface area contributed by atoms with Crippen LogP contribution in [0.1, 0.15) is 17.5 Å². The minimum absolute atomic E-state index is 0.498. The normalized spacial score (nSPS) is 12.7. The minimum atomic E-state index is -0.582. The molecule has 2 heterocycles. The van der Waals surface area contributed by atoms with E-state index in [-0.39, 0.29) is 0 Å². The molecular formula is C11H13N3O. The van der Waals surface area contributed by atoms with Crippen LogP contribution in [0.5, 0.6) is 0 Å². The van der Waals surface area contributed by atoms with E-state index in [0.717, 1.165) is 5.69 Å². The van der Waals surface area contributed by atoms with Crippen molar-refractivity contribution in [1.82, 2.24) is 14.8 Å². The van der Waals surface area contributed by atoms with Crippen molar-refractivity contribution in [1.29, 1.82) is 0 Å². The van der Waals surface area contributed by atoms with Crippen molar-refractivity contribution in [3.05, 3.63) is 48.0 Å². The van der Waals surface area contributed by atoms with Crippen LogP contribution in [0, 0.1) is 0 Å². The van der Waals surface area contributed by atoms with Crippen LogP contribution in [0.25, 0.3) is 0 Å². The molecule has 4 nitrogen and oxygen atoms in total. The van der Waals surface area contributed by atoms with Crippen molar-refractivity contribution >= 4 is 0 Å². The highest BCUT2D eigenvalue weighted by Gasteiger charge is 2.11. The Labute approximate surface area is 88.2 Å². The second-order valence-corrected chi connectivity index (χ2v) is 3.46. The van der Waals surface area contributed by atoms with Crippen LogP contribution >= 0.6 is 0 Å². The van der Waals surface area contributed by atoms with Gasteiger partial charge in [0.05, 0.1) is 5.69 Å². The van der Waals surface area contributed by atoms with E-state index < -0.39 is 6.10 Å². The molecule has 0 aliphatic heterocycles. The zero-order valence-electron chi connectivity index (χ0n) is 8.54. The third kappa shape index (κ3) is 2.41. The summed E-state index contributed by atoms with van der Waals surface area (Å²) in [7, 11) is 1.83. The van der Waals surface area contributed by atoms with E-state index in [1.165, 1.54) is 0 Å². The molecule has 0 saturated carbocycles. The molecule has 0 saturated heterocycles. The summed E-state index contributed by atoms with van der Waals surface area (Å²) in [6, 6.07) is 7.48. The Kier molecular flexibility index (Phi) is 2.78. The third-order valence-corrected chi connectivity index (χ3v) is 2.20. The van der Waals surface area contributed by atoms with Crippen molar-refractivity contribution in [2.45, 2.75) is 12.5 Å². The Morgan fingerprint density at radius 2 is 2.27 bits per heavy atom. The molecule has 0 aliphatic rings. The summed E-state index contributed by atoms with van der Waals surface area (Å²) in [4.78, 5) is 4.16. The van der Waals surface area contributed by atoms with Crippen LogP contribution < -0.4 is 0 Å². The molecule has 0 radical (unpaired) electrons. The fraction of sp³-hybridized carbons (Fsp3) is 0.273. The summed E-state index contributed by atoms with van der Waals surface area (Å²) in [5.74, 6) is 0. The number of hydrogen-bond donors (Lipinski definition) is 1. The maximum atomic E-state index is 9.87. The quantitative estimate of drug-likeness (QED) is 0.812. The summed E-state index contributed by atoms with van der Waals surface area (Å²) < 4.78 is 1.68. The van der Waals surface area contributed by atoms with Gasteiger partial charge in [-0.1, -0.05) is 6.07 Å². The lowest BCUT2D eigenvalue weighted by atomic mass is 10.1. The number of pyridine rings is 1. The molecular weight excluding hydrogens is 190 g/mol. The Hall–Kier alpha value is -1.68. The second-order valence-electron chi connectivity index (χ2n) is 3.46. The average molecular weight is 203 g/mol. The number of aliphatic hydroxyl groups is 1. The molecule has 0 fully saturated rings. The predicted molar refractivity (Wildman–Crippen MR) is 56.1 cm³/mol. The van der Waals surface area contributed by atoms with Gasteiger partial charge in [-0.05, 0) is 18.2 Å². The van der Waals surface area contributed by atoms with Crippen molar-refractivity contribution < 1.29 is 5.11 Å². The summed E-state index contributed by atoms with van der Waals surface area (Å²) in [6.45, 7) is 0. The molecule has 0 aliphatic carbocycles. The van der Waals surface area contributed by atoms with Crippen LogP contribution in [0.4, 0.5) is 0 Å². The Bertz CT molecular complexity index is 424. The first-order chi connectivity index (χ1) is 7.25. The van der Waals surface area contributed by atoms with Gasteiger partial charge in [0.2, 0.25) is 0 Å². The molecule has 0 aromatic carbocycles. The van der Waals surface area contributed by atoms with Gasteiger partial charge in [-0.25, -0.2) is 0 Å². The summed E-state index contributed by atoms with van der Waals surface area (Å²) >= 11 is 0. The fourth-order valence-corrected chi connectivity index (χ4v) is 1.43. The molecule has 1 atom stereocenters. The molecule has 0 bridgehead atoms. The number of aliphatic hydroxyl groups excluding tert-OH is 1. The number of hydrogen-bond acceptors (Lipinski definition) is 3. The van der Waals surface area contributed by atoms with Gasteiger partial charge in [0.15, 0.2) is 0 Å². The van der Waals surface area contributed by atoms with Crippen molar-refractivity contribution in [3.63, 3.8) is 0 Å². The van der Waals surface area contributed by atoms with Gasteiger partial charge in [0, 0.05) is 31.6 Å². The first-order valence-electron chi connectivity index (χ1n) is 4.83. The van der Waals surface area contributed by atoms with E-state index in [1.54, 1.807) is 10.9 Å². The topological polar surface area (TPSA) is 50.9 Å². The monoisotopic (exact) mass is 203 g/mol. The third-order valence-electron chi connectivity index (χ3n) is 2.20. The van der Waals surface area contributed by atoms with Gasteiger partial charge >= 0.3 is 0 Å². The maximum Gasteiger partial charge on any atom is 0.103 e. The lowest BCUT2D eigenvalue weighted by Gasteiger charge is -2.06. The van der Waals surface area contributed by atoms with Gasteiger partial charge in [0.1, 0.15) is 6.10 Å². The molecule has 0 amide bonds. The number of nitrogens with zero attached hydrogens (tertiary/aromatic N) is 3. The Morgan fingerprint density at radius 1 is 1.40 bits per heavy atom. The van der Waals surface area contributed by atoms with Gasteiger partial charge < -0.3 is 5.11 Å². The summed E-state index contributed by atoms with van der Waals surface area (Å²) in [6.07, 6.45) is 3.45. The van der Waals surface area contributed by atoms with Crippen LogP contribution in [0.2, 0.25) is 0 Å². The average Bonchev–Trinajstić information content (AvgIpc) is 2.66. The van der Waals surface area contributed by atoms with E-state index >= 15 is 0 Å². The molecule has 1 unspecified atom stereocenters. The van der Waals surface area contributed by atoms with Crippen LogP contribution in [0.3, 0.4) is 0 Å². The molecule has 2 rings (SSSR count). The maximum absolute atomic E-state index is 9.87. The molecule has 1 N–H and O–H groups in total. The van der Waals surface area contributed by atoms with E-state index in [2.05, 4.69) is 10.1 Å². The van der Waals surface area contributed by atoms with Gasteiger partial charge in [0.25, 0.3) is 0 Å². The van der Waals surface area contributed by atoms with E-state index in [0.29, 0.717) is 12.1 Å². The van der Waals surface area contributed by atoms with Crippen LogP contribution in [-0.4, -0.2) is 19.9 Å². The predicted octanol–water partition coefficient (Wildman–Crippen LogP) is 1.09. The SMILES string of the molecule is Cn1ccc(C(O)Cc2ccccn2)n1. The number of aryl methyl sites for hydroxylation is 1. The standard InChI is InChI=1S/C11H13N3O/c1-14-7-5-10(13-14)11(15)8-9-4-2-3-6-12-9/h2-7,11,15H,8H2,1H3. The first kappa shape index (κ1) is 9.86. The van der Waals surface area contributed by atoms with Gasteiger partial charge in [-0.15, -0.1) is 0 Å². The van der Waals surface area contributed by atoms with E-state index in [9.17, 15) is 5.11 Å². The largest absolute Gasteiger partial charge is 0.386 e. The molecule has 0 spiro atoms. The zero-order chi connectivity index (χ0) is 10.7. The Morgan fingerprint density at radius 3 is 2.87 bits per heavy atom. The number of aromatic nitrogens is 3. The highest BCUT2D eigenvalue weighted by atomic mass is 16.3. The fourth-order valence-electron chi connectivity index (χ4n) is 1.43. The summed E-state index contributed by atoms with van der Waals surface area (Å²) in [5.41, 5.74) is 1.55. The van der Waals surface area contributed by atoms with Crippen molar-refractivity contribution in [2.75, 3.05) is 0 Å². The van der Waals surface area contributed by atoms with Gasteiger partial charge in [-0.3, -0.25) is 9.67 Å². The summed E-state index contributed by atoms with van der Waals surface area (Å²) in [5, 5.41) is 14.0. The molecule has 2 aromatic rings. The highest BCUT2D eigenvalue weighted by Crippen LogP contribution is 2.14. The molecule has 2 aromatic heterocycles. The number of rotatable bonds is 3. The van der Waals surface area contributed by atoms with Gasteiger partial charge in [-0.2, -0.15) is 5.10 Å². The lowest BCUT2D eigenvalue weighted by molar-refractivity contribution is 0.171. The molecule has 78 valence electrons. The lowest BCUT2D eigenvalue weighted by Crippen LogP contribution is -2.04. The van der Waals surface area contributed by atoms with Crippen LogP contribution in [-0.2, 0) is 13.5 Å². The van der Waals surface area contributed by atoms with Crippen LogP contribution in [0.15, 0.2) is 36.7 Å². The molecule has 4 heteroatoms. The first-order valence-corrected chi connectivity index (χ1v) is 4.83. The van der Waals surface area contributed by atoms with Crippen molar-refractivity contribution in [2.24, 2.45) is 7.05 Å².